The lowest BCUT2D eigenvalue weighted by Gasteiger charge is -2.17. The minimum Gasteiger partial charge on any atom is -0.493 e. The molecule has 7 heteroatoms. The first kappa shape index (κ1) is 22.0. The van der Waals surface area contributed by atoms with E-state index < -0.39 is 0 Å². The Morgan fingerprint density at radius 1 is 1.03 bits per heavy atom. The van der Waals surface area contributed by atoms with Crippen LogP contribution in [-0.2, 0) is 4.79 Å². The predicted octanol–water partition coefficient (Wildman–Crippen LogP) is 6.38. The molecule has 1 heterocycles. The van der Waals surface area contributed by atoms with Gasteiger partial charge in [-0.2, -0.15) is 0 Å². The monoisotopic (exact) mass is 465 g/mol. The lowest BCUT2D eigenvalue weighted by atomic mass is 10.1. The maximum absolute atomic E-state index is 13.2. The van der Waals surface area contributed by atoms with E-state index in [0.29, 0.717) is 26.4 Å². The maximum atomic E-state index is 13.2. The van der Waals surface area contributed by atoms with Crippen LogP contribution in [0.4, 0.5) is 10.1 Å². The van der Waals surface area contributed by atoms with Crippen LogP contribution in [0.5, 0.6) is 11.5 Å². The van der Waals surface area contributed by atoms with Crippen molar-refractivity contribution >= 4 is 46.0 Å². The van der Waals surface area contributed by atoms with Crippen LogP contribution in [0.1, 0.15) is 24.2 Å². The van der Waals surface area contributed by atoms with Crippen LogP contribution in [0.2, 0.25) is 0 Å². The van der Waals surface area contributed by atoms with E-state index >= 15 is 0 Å². The van der Waals surface area contributed by atoms with Gasteiger partial charge >= 0.3 is 0 Å². The number of rotatable bonds is 6. The Labute approximate surface area is 195 Å². The number of thiocarbonyl (C=S) groups is 1. The van der Waals surface area contributed by atoms with Crippen LogP contribution >= 0.6 is 24.0 Å². The number of halogens is 1. The summed E-state index contributed by atoms with van der Waals surface area (Å²) in [5, 5.41) is 0. The number of amides is 1. The van der Waals surface area contributed by atoms with E-state index in [1.54, 1.807) is 13.2 Å². The summed E-state index contributed by atoms with van der Waals surface area (Å²) in [6.45, 7) is 1.98. The number of hydrogen-bond acceptors (Lipinski definition) is 5. The van der Waals surface area contributed by atoms with Gasteiger partial charge in [0.15, 0.2) is 15.8 Å². The summed E-state index contributed by atoms with van der Waals surface area (Å²) < 4.78 is 25.2. The topological polar surface area (TPSA) is 38.8 Å². The molecule has 1 aliphatic rings. The number of methoxy groups -OCH3 is 1. The lowest BCUT2D eigenvalue weighted by molar-refractivity contribution is -0.113. The first-order valence-corrected chi connectivity index (χ1v) is 11.1. The second kappa shape index (κ2) is 9.54. The van der Waals surface area contributed by atoms with Crippen molar-refractivity contribution < 1.29 is 18.7 Å². The first-order chi connectivity index (χ1) is 15.5. The van der Waals surface area contributed by atoms with Crippen molar-refractivity contribution in [3.8, 4) is 11.5 Å². The second-order valence-electron chi connectivity index (χ2n) is 7.07. The van der Waals surface area contributed by atoms with Crippen LogP contribution in [0.3, 0.4) is 0 Å². The van der Waals surface area contributed by atoms with Crippen molar-refractivity contribution in [2.45, 2.75) is 13.0 Å². The number of ether oxygens (including phenoxy) is 2. The third kappa shape index (κ3) is 4.69. The molecular formula is C25H20FNO3S2. The van der Waals surface area contributed by atoms with Crippen LogP contribution in [0.15, 0.2) is 77.7 Å². The molecule has 4 rings (SSSR count). The van der Waals surface area contributed by atoms with Crippen molar-refractivity contribution in [1.29, 1.82) is 0 Å². The predicted molar refractivity (Wildman–Crippen MR) is 131 cm³/mol. The van der Waals surface area contributed by atoms with Gasteiger partial charge in [0.05, 0.1) is 17.7 Å². The van der Waals surface area contributed by atoms with E-state index in [1.807, 2.05) is 55.5 Å². The Kier molecular flexibility index (Phi) is 6.58. The molecule has 0 spiro atoms. The molecule has 1 aliphatic heterocycles. The number of anilines is 1. The Morgan fingerprint density at radius 2 is 1.75 bits per heavy atom. The van der Waals surface area contributed by atoms with E-state index in [4.69, 9.17) is 21.7 Å². The van der Waals surface area contributed by atoms with Crippen molar-refractivity contribution in [1.82, 2.24) is 0 Å². The highest BCUT2D eigenvalue weighted by Crippen LogP contribution is 2.38. The molecule has 0 N–H and O–H groups in total. The first-order valence-electron chi connectivity index (χ1n) is 9.89. The molecule has 0 saturated carbocycles. The molecule has 0 aliphatic carbocycles. The Balaban J connectivity index is 1.56. The van der Waals surface area contributed by atoms with Crippen LogP contribution < -0.4 is 14.4 Å². The van der Waals surface area contributed by atoms with E-state index in [9.17, 15) is 9.18 Å². The summed E-state index contributed by atoms with van der Waals surface area (Å²) in [5.74, 6) is 0.560. The largest absolute Gasteiger partial charge is 0.493 e. The molecule has 0 radical (unpaired) electrons. The molecular weight excluding hydrogens is 445 g/mol. The number of benzene rings is 3. The normalized spacial score (nSPS) is 15.8. The summed E-state index contributed by atoms with van der Waals surface area (Å²) in [6, 6.07) is 21.1. The van der Waals surface area contributed by atoms with Gasteiger partial charge in [-0.1, -0.05) is 60.4 Å². The van der Waals surface area contributed by atoms with Crippen LogP contribution in [0.25, 0.3) is 6.08 Å². The number of nitrogens with zero attached hydrogens (tertiary/aromatic N) is 1. The number of thioether (sulfide) groups is 1. The van der Waals surface area contributed by atoms with E-state index in [0.717, 1.165) is 11.1 Å². The van der Waals surface area contributed by atoms with Gasteiger partial charge in [0, 0.05) is 0 Å². The second-order valence-corrected chi connectivity index (χ2v) is 8.75. The minimum atomic E-state index is -0.370. The third-order valence-corrected chi connectivity index (χ3v) is 6.24. The molecule has 4 nitrogen and oxygen atoms in total. The lowest BCUT2D eigenvalue weighted by Crippen LogP contribution is -2.27. The number of carbonyl (C=O) groups excluding carboxylic acids is 1. The highest BCUT2D eigenvalue weighted by Gasteiger charge is 2.33. The molecule has 0 bridgehead atoms. The fourth-order valence-corrected chi connectivity index (χ4v) is 4.58. The Morgan fingerprint density at radius 3 is 2.44 bits per heavy atom. The average Bonchev–Trinajstić information content (AvgIpc) is 3.08. The highest BCUT2D eigenvalue weighted by atomic mass is 32.2. The zero-order valence-corrected chi connectivity index (χ0v) is 19.1. The van der Waals surface area contributed by atoms with Gasteiger partial charge in [-0.15, -0.1) is 0 Å². The van der Waals surface area contributed by atoms with Gasteiger partial charge in [0.25, 0.3) is 5.91 Å². The van der Waals surface area contributed by atoms with Crippen LogP contribution in [0, 0.1) is 5.82 Å². The number of hydrogen-bond donors (Lipinski definition) is 0. The fourth-order valence-electron chi connectivity index (χ4n) is 3.29. The van der Waals surface area contributed by atoms with Gasteiger partial charge in [0.1, 0.15) is 11.9 Å². The highest BCUT2D eigenvalue weighted by molar-refractivity contribution is 8.27. The number of carbonyl (C=O) groups is 1. The summed E-state index contributed by atoms with van der Waals surface area (Å²) in [7, 11) is 1.58. The SMILES string of the molecule is COc1cc(/C=C2\SC(=S)N(c3ccc(F)cc3)C2=O)ccc1O[C@@H](C)c1ccccc1. The van der Waals surface area contributed by atoms with Crippen molar-refractivity contribution in [2.24, 2.45) is 0 Å². The van der Waals surface area contributed by atoms with E-state index in [-0.39, 0.29) is 17.8 Å². The molecule has 3 aromatic rings. The molecule has 1 amide bonds. The molecule has 1 fully saturated rings. The van der Waals surface area contributed by atoms with Crippen LogP contribution in [-0.4, -0.2) is 17.3 Å². The summed E-state index contributed by atoms with van der Waals surface area (Å²) in [6.07, 6.45) is 1.61. The molecule has 162 valence electrons. The summed E-state index contributed by atoms with van der Waals surface area (Å²) >= 11 is 6.58. The summed E-state index contributed by atoms with van der Waals surface area (Å²) in [5.41, 5.74) is 2.37. The van der Waals surface area contributed by atoms with Gasteiger partial charge < -0.3 is 9.47 Å². The van der Waals surface area contributed by atoms with Crippen molar-refractivity contribution in [3.63, 3.8) is 0 Å². The molecule has 0 aromatic heterocycles. The zero-order valence-electron chi connectivity index (χ0n) is 17.4. The maximum Gasteiger partial charge on any atom is 0.270 e. The molecule has 3 aromatic carbocycles. The Bertz CT molecular complexity index is 1180. The van der Waals surface area contributed by atoms with Gasteiger partial charge in [-0.3, -0.25) is 9.69 Å². The molecule has 1 saturated heterocycles. The van der Waals surface area contributed by atoms with E-state index in [1.165, 1.54) is 40.9 Å². The van der Waals surface area contributed by atoms with Gasteiger partial charge in [-0.25, -0.2) is 4.39 Å². The molecule has 32 heavy (non-hydrogen) atoms. The third-order valence-electron chi connectivity index (χ3n) is 4.94. The van der Waals surface area contributed by atoms with E-state index in [2.05, 4.69) is 0 Å². The fraction of sp³-hybridized carbons (Fsp3) is 0.120. The Hall–Kier alpha value is -3.16. The average molecular weight is 466 g/mol. The smallest absolute Gasteiger partial charge is 0.270 e. The van der Waals surface area contributed by atoms with Gasteiger partial charge in [-0.05, 0) is 60.5 Å². The van der Waals surface area contributed by atoms with Crippen molar-refractivity contribution in [3.05, 3.63) is 94.6 Å². The van der Waals surface area contributed by atoms with Crippen molar-refractivity contribution in [2.75, 3.05) is 12.0 Å². The molecule has 1 atom stereocenters. The summed E-state index contributed by atoms with van der Waals surface area (Å²) in [4.78, 5) is 14.8. The minimum absolute atomic E-state index is 0.150. The quantitative estimate of drug-likeness (QED) is 0.312. The molecule has 0 unspecified atom stereocenters. The zero-order chi connectivity index (χ0) is 22.7. The van der Waals surface area contributed by atoms with Gasteiger partial charge in [0.2, 0.25) is 0 Å². The standard InChI is InChI=1S/C25H20FNO3S2/c1-16(18-6-4-3-5-7-18)30-21-13-8-17(14-22(21)29-2)15-23-24(28)27(25(31)32-23)20-11-9-19(26)10-12-20/h3-16H,1-2H3/b23-15-/t16-/m0/s1.